The van der Waals surface area contributed by atoms with Crippen molar-refractivity contribution in [1.29, 1.82) is 0 Å². The monoisotopic (exact) mass is 325 g/mol. The molecular weight excluding hydrogens is 298 g/mol. The summed E-state index contributed by atoms with van der Waals surface area (Å²) in [5.74, 6) is 1.46. The third-order valence-electron chi connectivity index (χ3n) is 3.80. The number of benzene rings is 2. The molecule has 3 nitrogen and oxygen atoms in total. The third kappa shape index (κ3) is 6.45. The molecular formula is C21H27NO2. The Morgan fingerprint density at radius 3 is 2.25 bits per heavy atom. The molecule has 24 heavy (non-hydrogen) atoms. The first-order chi connectivity index (χ1) is 11.6. The smallest absolute Gasteiger partial charge is 0.220 e. The van der Waals surface area contributed by atoms with Crippen LogP contribution >= 0.6 is 0 Å². The van der Waals surface area contributed by atoms with Crippen molar-refractivity contribution in [3.8, 4) is 5.75 Å². The van der Waals surface area contributed by atoms with Crippen molar-refractivity contribution in [2.75, 3.05) is 6.61 Å². The molecule has 0 saturated carbocycles. The zero-order valence-corrected chi connectivity index (χ0v) is 14.6. The van der Waals surface area contributed by atoms with Gasteiger partial charge in [0.25, 0.3) is 0 Å². The van der Waals surface area contributed by atoms with Gasteiger partial charge < -0.3 is 10.1 Å². The summed E-state index contributed by atoms with van der Waals surface area (Å²) in [6.07, 6.45) is 2.13. The molecule has 2 rings (SSSR count). The van der Waals surface area contributed by atoms with Crippen LogP contribution in [0.5, 0.6) is 5.75 Å². The van der Waals surface area contributed by atoms with E-state index in [9.17, 15) is 4.79 Å². The highest BCUT2D eigenvalue weighted by atomic mass is 16.5. The van der Waals surface area contributed by atoms with Gasteiger partial charge in [0.15, 0.2) is 0 Å². The van der Waals surface area contributed by atoms with E-state index < -0.39 is 0 Å². The zero-order valence-electron chi connectivity index (χ0n) is 14.6. The number of amides is 1. The first-order valence-corrected chi connectivity index (χ1v) is 8.67. The van der Waals surface area contributed by atoms with Crippen molar-refractivity contribution in [3.05, 3.63) is 66.2 Å². The molecule has 0 aromatic heterocycles. The number of hydrogen-bond donors (Lipinski definition) is 1. The molecule has 0 bridgehead atoms. The second kappa shape index (κ2) is 9.76. The van der Waals surface area contributed by atoms with Gasteiger partial charge in [-0.3, -0.25) is 4.79 Å². The van der Waals surface area contributed by atoms with Gasteiger partial charge in [0.2, 0.25) is 5.91 Å². The predicted octanol–water partition coefficient (Wildman–Crippen LogP) is 4.75. The fraction of sp³-hybridized carbons (Fsp3) is 0.381. The minimum Gasteiger partial charge on any atom is -0.494 e. The van der Waals surface area contributed by atoms with Gasteiger partial charge in [-0.05, 0) is 36.5 Å². The van der Waals surface area contributed by atoms with Gasteiger partial charge in [0, 0.05) is 6.42 Å². The molecule has 0 radical (unpaired) electrons. The molecule has 1 N–H and O–H groups in total. The van der Waals surface area contributed by atoms with E-state index in [0.717, 1.165) is 12.2 Å². The Hall–Kier alpha value is -2.29. The van der Waals surface area contributed by atoms with E-state index in [1.54, 1.807) is 0 Å². The Morgan fingerprint density at radius 2 is 1.62 bits per heavy atom. The quantitative estimate of drug-likeness (QED) is 0.676. The maximum Gasteiger partial charge on any atom is 0.220 e. The fourth-order valence-electron chi connectivity index (χ4n) is 2.64. The Kier molecular flexibility index (Phi) is 7.34. The summed E-state index contributed by atoms with van der Waals surface area (Å²) in [6, 6.07) is 20.0. The molecule has 3 heteroatoms. The predicted molar refractivity (Wildman–Crippen MR) is 98.0 cm³/mol. The standard InChI is InChI=1S/C21H27NO2/c1-17(2)16-20(18-10-5-3-6-11-18)22-21(23)14-9-15-24-19-12-7-4-8-13-19/h3-8,10-13,17,20H,9,14-16H2,1-2H3,(H,22,23)/t20-/m1/s1. The molecule has 0 saturated heterocycles. The zero-order chi connectivity index (χ0) is 17.2. The summed E-state index contributed by atoms with van der Waals surface area (Å²) >= 11 is 0. The number of carbonyl (C=O) groups is 1. The lowest BCUT2D eigenvalue weighted by atomic mass is 9.97. The molecule has 128 valence electrons. The maximum absolute atomic E-state index is 12.3. The average molecular weight is 325 g/mol. The van der Waals surface area contributed by atoms with E-state index in [4.69, 9.17) is 4.74 Å². The van der Waals surface area contributed by atoms with Crippen LogP contribution in [0.15, 0.2) is 60.7 Å². The topological polar surface area (TPSA) is 38.3 Å². The van der Waals surface area contributed by atoms with Gasteiger partial charge in [0.1, 0.15) is 5.75 Å². The van der Waals surface area contributed by atoms with E-state index in [2.05, 4.69) is 31.3 Å². The largest absolute Gasteiger partial charge is 0.494 e. The van der Waals surface area contributed by atoms with Gasteiger partial charge in [0.05, 0.1) is 12.6 Å². The molecule has 0 heterocycles. The number of para-hydroxylation sites is 1. The molecule has 2 aromatic carbocycles. The maximum atomic E-state index is 12.3. The van der Waals surface area contributed by atoms with Gasteiger partial charge >= 0.3 is 0 Å². The van der Waals surface area contributed by atoms with E-state index in [1.807, 2.05) is 48.5 Å². The molecule has 1 atom stereocenters. The lowest BCUT2D eigenvalue weighted by Crippen LogP contribution is -2.29. The van der Waals surface area contributed by atoms with Crippen LogP contribution < -0.4 is 10.1 Å². The first-order valence-electron chi connectivity index (χ1n) is 8.67. The van der Waals surface area contributed by atoms with E-state index >= 15 is 0 Å². The van der Waals surface area contributed by atoms with Crippen molar-refractivity contribution in [3.63, 3.8) is 0 Å². The highest BCUT2D eigenvalue weighted by molar-refractivity contribution is 5.76. The molecule has 0 aliphatic rings. The van der Waals surface area contributed by atoms with Crippen LogP contribution in [0, 0.1) is 5.92 Å². The fourth-order valence-corrected chi connectivity index (χ4v) is 2.64. The summed E-state index contributed by atoms with van der Waals surface area (Å²) in [5, 5.41) is 3.17. The molecule has 0 aliphatic heterocycles. The number of nitrogens with one attached hydrogen (secondary N) is 1. The van der Waals surface area contributed by atoms with Crippen molar-refractivity contribution < 1.29 is 9.53 Å². The van der Waals surface area contributed by atoms with Crippen LogP contribution in [0.1, 0.15) is 44.7 Å². The number of carbonyl (C=O) groups excluding carboxylic acids is 1. The summed E-state index contributed by atoms with van der Waals surface area (Å²) < 4.78 is 5.63. The number of ether oxygens (including phenoxy) is 1. The second-order valence-electron chi connectivity index (χ2n) is 6.43. The Balaban J connectivity index is 1.78. The molecule has 0 spiro atoms. The van der Waals surface area contributed by atoms with Crippen molar-refractivity contribution in [1.82, 2.24) is 5.32 Å². The van der Waals surface area contributed by atoms with Gasteiger partial charge in [-0.2, -0.15) is 0 Å². The van der Waals surface area contributed by atoms with Crippen molar-refractivity contribution in [2.24, 2.45) is 5.92 Å². The van der Waals surface area contributed by atoms with Crippen LogP contribution in [-0.2, 0) is 4.79 Å². The Labute approximate surface area is 145 Å². The first kappa shape index (κ1) is 18.1. The Morgan fingerprint density at radius 1 is 1.00 bits per heavy atom. The van der Waals surface area contributed by atoms with Gasteiger partial charge in [-0.15, -0.1) is 0 Å². The second-order valence-corrected chi connectivity index (χ2v) is 6.43. The van der Waals surface area contributed by atoms with Crippen LogP contribution in [0.4, 0.5) is 0 Å². The SMILES string of the molecule is CC(C)C[C@@H](NC(=O)CCCOc1ccccc1)c1ccccc1. The molecule has 2 aromatic rings. The minimum absolute atomic E-state index is 0.0775. The van der Waals surface area contributed by atoms with E-state index in [1.165, 1.54) is 5.56 Å². The lowest BCUT2D eigenvalue weighted by Gasteiger charge is -2.21. The summed E-state index contributed by atoms with van der Waals surface area (Å²) in [4.78, 5) is 12.3. The van der Waals surface area contributed by atoms with Crippen LogP contribution in [0.3, 0.4) is 0 Å². The minimum atomic E-state index is 0.0775. The van der Waals surface area contributed by atoms with Gasteiger partial charge in [-0.1, -0.05) is 62.4 Å². The average Bonchev–Trinajstić information content (AvgIpc) is 2.59. The molecule has 1 amide bonds. The van der Waals surface area contributed by atoms with Crippen LogP contribution in [0.25, 0.3) is 0 Å². The van der Waals surface area contributed by atoms with E-state index in [-0.39, 0.29) is 11.9 Å². The highest BCUT2D eigenvalue weighted by Crippen LogP contribution is 2.21. The van der Waals surface area contributed by atoms with Crippen LogP contribution in [-0.4, -0.2) is 12.5 Å². The number of rotatable bonds is 9. The van der Waals surface area contributed by atoms with Crippen LogP contribution in [0.2, 0.25) is 0 Å². The molecule has 0 unspecified atom stereocenters. The highest BCUT2D eigenvalue weighted by Gasteiger charge is 2.15. The molecule has 0 fully saturated rings. The normalized spacial score (nSPS) is 12.0. The summed E-state index contributed by atoms with van der Waals surface area (Å²) in [5.41, 5.74) is 1.17. The lowest BCUT2D eigenvalue weighted by molar-refractivity contribution is -0.122. The molecule has 0 aliphatic carbocycles. The number of hydrogen-bond acceptors (Lipinski definition) is 2. The van der Waals surface area contributed by atoms with Gasteiger partial charge in [-0.25, -0.2) is 0 Å². The van der Waals surface area contributed by atoms with E-state index in [0.29, 0.717) is 25.4 Å². The van der Waals surface area contributed by atoms with Crippen molar-refractivity contribution in [2.45, 2.75) is 39.2 Å². The summed E-state index contributed by atoms with van der Waals surface area (Å²) in [7, 11) is 0. The Bertz CT molecular complexity index is 596. The third-order valence-corrected chi connectivity index (χ3v) is 3.80. The van der Waals surface area contributed by atoms with Crippen molar-refractivity contribution >= 4 is 5.91 Å². The summed E-state index contributed by atoms with van der Waals surface area (Å²) in [6.45, 7) is 4.91.